The summed E-state index contributed by atoms with van der Waals surface area (Å²) in [4.78, 5) is 17.7. The third-order valence-corrected chi connectivity index (χ3v) is 6.37. The van der Waals surface area contributed by atoms with Crippen molar-refractivity contribution in [1.29, 1.82) is 0 Å². The number of anilines is 1. The molecule has 2 aromatic rings. The summed E-state index contributed by atoms with van der Waals surface area (Å²) < 4.78 is 0. The summed E-state index contributed by atoms with van der Waals surface area (Å²) in [5, 5.41) is 1.16. The van der Waals surface area contributed by atoms with Gasteiger partial charge in [-0.2, -0.15) is 0 Å². The van der Waals surface area contributed by atoms with Crippen molar-refractivity contribution in [3.63, 3.8) is 0 Å². The van der Waals surface area contributed by atoms with E-state index in [1.165, 1.54) is 10.6 Å². The monoisotopic (exact) mass is 363 g/mol. The van der Waals surface area contributed by atoms with E-state index in [1.807, 2.05) is 36.4 Å². The topological polar surface area (TPSA) is 20.3 Å². The highest BCUT2D eigenvalue weighted by Crippen LogP contribution is 2.46. The first kappa shape index (κ1) is 16.3. The Bertz CT molecular complexity index is 913. The van der Waals surface area contributed by atoms with E-state index in [0.717, 1.165) is 26.9 Å². The van der Waals surface area contributed by atoms with Gasteiger partial charge in [0.05, 0.1) is 15.6 Å². The summed E-state index contributed by atoms with van der Waals surface area (Å²) in [5.74, 6) is 0.0873. The van der Waals surface area contributed by atoms with E-state index in [4.69, 9.17) is 0 Å². The number of benzene rings is 2. The Kier molecular flexibility index (Phi) is 4.55. The van der Waals surface area contributed by atoms with Gasteiger partial charge in [-0.25, -0.2) is 0 Å². The fourth-order valence-corrected chi connectivity index (χ4v) is 4.98. The van der Waals surface area contributed by atoms with Crippen molar-refractivity contribution < 1.29 is 4.79 Å². The van der Waals surface area contributed by atoms with Crippen molar-refractivity contribution >= 4 is 39.9 Å². The Balaban J connectivity index is 1.57. The van der Waals surface area contributed by atoms with Crippen LogP contribution < -0.4 is 4.90 Å². The van der Waals surface area contributed by atoms with Crippen molar-refractivity contribution in [2.75, 3.05) is 11.4 Å². The zero-order valence-electron chi connectivity index (χ0n) is 13.8. The molecule has 0 amide bonds. The quantitative estimate of drug-likeness (QED) is 0.652. The highest BCUT2D eigenvalue weighted by molar-refractivity contribution is 8.13. The minimum absolute atomic E-state index is 0.0873. The summed E-state index contributed by atoms with van der Waals surface area (Å²) in [6.07, 6.45) is 5.75. The molecule has 4 rings (SSSR count). The highest BCUT2D eigenvalue weighted by Gasteiger charge is 2.24. The van der Waals surface area contributed by atoms with Gasteiger partial charge in [0.1, 0.15) is 0 Å². The molecule has 2 aliphatic rings. The molecular formula is C21H17NOS2. The summed E-state index contributed by atoms with van der Waals surface area (Å²) in [7, 11) is 0. The van der Waals surface area contributed by atoms with Crippen molar-refractivity contribution in [1.82, 2.24) is 0 Å². The SMILES string of the molecule is CCN1C(=CC=C2SC(c3ccccc3)=CC2=O)Sc2ccccc21. The fraction of sp³-hybridized carbons (Fsp3) is 0.0952. The highest BCUT2D eigenvalue weighted by atomic mass is 32.2. The Hall–Kier alpha value is -2.17. The molecule has 124 valence electrons. The van der Waals surface area contributed by atoms with Crippen molar-refractivity contribution in [3.8, 4) is 0 Å². The third-order valence-electron chi connectivity index (χ3n) is 4.11. The van der Waals surface area contributed by atoms with Gasteiger partial charge in [-0.15, -0.1) is 0 Å². The van der Waals surface area contributed by atoms with Crippen molar-refractivity contribution in [2.45, 2.75) is 11.8 Å². The molecule has 25 heavy (non-hydrogen) atoms. The number of hydrogen-bond acceptors (Lipinski definition) is 4. The number of carbonyl (C=O) groups is 1. The molecule has 0 spiro atoms. The van der Waals surface area contributed by atoms with E-state index in [1.54, 1.807) is 29.6 Å². The van der Waals surface area contributed by atoms with Crippen molar-refractivity contribution in [3.05, 3.63) is 88.3 Å². The summed E-state index contributed by atoms with van der Waals surface area (Å²) in [6.45, 7) is 3.06. The van der Waals surface area contributed by atoms with E-state index in [9.17, 15) is 4.79 Å². The number of ketones is 1. The van der Waals surface area contributed by atoms with Gasteiger partial charge >= 0.3 is 0 Å². The van der Waals surface area contributed by atoms with Crippen LogP contribution in [0.1, 0.15) is 12.5 Å². The smallest absolute Gasteiger partial charge is 0.193 e. The van der Waals surface area contributed by atoms with Crippen LogP contribution in [0.5, 0.6) is 0 Å². The minimum Gasteiger partial charge on any atom is -0.335 e. The molecule has 0 saturated heterocycles. The molecule has 0 aromatic heterocycles. The lowest BCUT2D eigenvalue weighted by Gasteiger charge is -2.17. The second-order valence-electron chi connectivity index (χ2n) is 5.69. The van der Waals surface area contributed by atoms with Crippen LogP contribution >= 0.6 is 23.5 Å². The van der Waals surface area contributed by atoms with E-state index >= 15 is 0 Å². The lowest BCUT2D eigenvalue weighted by molar-refractivity contribution is -0.110. The van der Waals surface area contributed by atoms with E-state index in [-0.39, 0.29) is 5.78 Å². The average molecular weight is 364 g/mol. The standard InChI is InChI=1S/C21H17NOS2/c1-2-22-16-10-6-7-11-18(16)25-21(22)13-12-19-17(23)14-20(24-19)15-8-4-3-5-9-15/h3-14H,2H2,1H3. The van der Waals surface area contributed by atoms with Crippen LogP contribution in [-0.4, -0.2) is 12.3 Å². The molecule has 0 saturated carbocycles. The number of thioether (sulfide) groups is 2. The van der Waals surface area contributed by atoms with Gasteiger partial charge < -0.3 is 4.90 Å². The largest absolute Gasteiger partial charge is 0.335 e. The van der Waals surface area contributed by atoms with Crippen LogP contribution in [0.4, 0.5) is 5.69 Å². The molecule has 2 nitrogen and oxygen atoms in total. The predicted molar refractivity (Wildman–Crippen MR) is 109 cm³/mol. The maximum Gasteiger partial charge on any atom is 0.193 e. The number of allylic oxidation sites excluding steroid dienone is 4. The summed E-state index contributed by atoms with van der Waals surface area (Å²) in [5.41, 5.74) is 2.34. The van der Waals surface area contributed by atoms with Crippen molar-refractivity contribution in [2.24, 2.45) is 0 Å². The van der Waals surface area contributed by atoms with E-state index in [2.05, 4.69) is 42.2 Å². The van der Waals surface area contributed by atoms with E-state index < -0.39 is 0 Å². The zero-order valence-corrected chi connectivity index (χ0v) is 15.4. The molecule has 2 aliphatic heterocycles. The minimum atomic E-state index is 0.0873. The van der Waals surface area contributed by atoms with Crippen LogP contribution in [0.2, 0.25) is 0 Å². The Morgan fingerprint density at radius 1 is 0.960 bits per heavy atom. The number of para-hydroxylation sites is 1. The van der Waals surface area contributed by atoms with Crippen LogP contribution in [0.3, 0.4) is 0 Å². The van der Waals surface area contributed by atoms with Gasteiger partial charge in [0.25, 0.3) is 0 Å². The summed E-state index contributed by atoms with van der Waals surface area (Å²) >= 11 is 3.30. The van der Waals surface area contributed by atoms with Gasteiger partial charge in [0.15, 0.2) is 5.78 Å². The molecule has 0 bridgehead atoms. The van der Waals surface area contributed by atoms with Crippen LogP contribution in [0, 0.1) is 0 Å². The molecule has 0 radical (unpaired) electrons. The molecule has 2 heterocycles. The first-order valence-electron chi connectivity index (χ1n) is 8.22. The van der Waals surface area contributed by atoms with Gasteiger partial charge in [0, 0.05) is 22.4 Å². The molecule has 0 unspecified atom stereocenters. The third kappa shape index (κ3) is 3.20. The van der Waals surface area contributed by atoms with E-state index in [0.29, 0.717) is 0 Å². The van der Waals surface area contributed by atoms with Crippen LogP contribution in [0.15, 0.2) is 87.7 Å². The van der Waals surface area contributed by atoms with Gasteiger partial charge in [-0.05, 0) is 36.8 Å². The molecular weight excluding hydrogens is 346 g/mol. The van der Waals surface area contributed by atoms with Crippen LogP contribution in [0.25, 0.3) is 4.91 Å². The molecule has 0 fully saturated rings. The van der Waals surface area contributed by atoms with Gasteiger partial charge in [-0.1, -0.05) is 66.0 Å². The second-order valence-corrected chi connectivity index (χ2v) is 7.84. The number of hydrogen-bond donors (Lipinski definition) is 0. The zero-order chi connectivity index (χ0) is 17.2. The van der Waals surface area contributed by atoms with Gasteiger partial charge in [-0.3, -0.25) is 4.79 Å². The normalized spacial score (nSPS) is 19.6. The maximum atomic E-state index is 12.3. The molecule has 0 N–H and O–H groups in total. The average Bonchev–Trinajstić information content (AvgIpc) is 3.20. The molecule has 0 atom stereocenters. The molecule has 0 aliphatic carbocycles. The number of nitrogens with zero attached hydrogens (tertiary/aromatic N) is 1. The Morgan fingerprint density at radius 3 is 2.52 bits per heavy atom. The lowest BCUT2D eigenvalue weighted by atomic mass is 10.2. The lowest BCUT2D eigenvalue weighted by Crippen LogP contribution is -2.16. The first-order valence-corrected chi connectivity index (χ1v) is 9.85. The maximum absolute atomic E-state index is 12.3. The molecule has 4 heteroatoms. The predicted octanol–water partition coefficient (Wildman–Crippen LogP) is 5.70. The molecule has 2 aromatic carbocycles. The Labute approximate surface area is 156 Å². The number of fused-ring (bicyclic) bond motifs is 1. The first-order chi connectivity index (χ1) is 12.3. The number of rotatable bonds is 3. The fourth-order valence-electron chi connectivity index (χ4n) is 2.90. The Morgan fingerprint density at radius 2 is 1.72 bits per heavy atom. The summed E-state index contributed by atoms with van der Waals surface area (Å²) in [6, 6.07) is 18.5. The second kappa shape index (κ2) is 6.98. The van der Waals surface area contributed by atoms with Crippen LogP contribution in [-0.2, 0) is 4.79 Å². The number of carbonyl (C=O) groups excluding carboxylic acids is 1. The van der Waals surface area contributed by atoms with Gasteiger partial charge in [0.2, 0.25) is 0 Å².